The third kappa shape index (κ3) is 2.64. The maximum atomic E-state index is 5.77. The maximum absolute atomic E-state index is 5.77. The van der Waals surface area contributed by atoms with Crippen LogP contribution in [0.15, 0.2) is 12.1 Å². The van der Waals surface area contributed by atoms with Crippen molar-refractivity contribution in [2.24, 2.45) is 0 Å². The predicted octanol–water partition coefficient (Wildman–Crippen LogP) is 1.77. The van der Waals surface area contributed by atoms with Gasteiger partial charge < -0.3 is 15.4 Å². The topological polar surface area (TPSA) is 46.2 Å². The lowest BCUT2D eigenvalue weighted by Gasteiger charge is -2.14. The third-order valence-corrected chi connectivity index (χ3v) is 2.44. The van der Waals surface area contributed by atoms with Gasteiger partial charge in [-0.3, -0.25) is 0 Å². The zero-order valence-corrected chi connectivity index (χ0v) is 10.1. The van der Waals surface area contributed by atoms with E-state index >= 15 is 0 Å². The van der Waals surface area contributed by atoms with Crippen molar-refractivity contribution in [3.63, 3.8) is 0 Å². The summed E-state index contributed by atoms with van der Waals surface area (Å²) in [5.41, 5.74) is 1.12. The predicted molar refractivity (Wildman–Crippen MR) is 64.8 cm³/mol. The van der Waals surface area contributed by atoms with E-state index in [0.29, 0.717) is 6.04 Å². The highest BCUT2D eigenvalue weighted by Crippen LogP contribution is 2.22. The number of ether oxygens (including phenoxy) is 1. The minimum Gasteiger partial charge on any atom is -0.473 e. The Hall–Kier alpha value is -1.29. The van der Waals surface area contributed by atoms with Gasteiger partial charge in [0, 0.05) is 24.7 Å². The average molecular weight is 221 g/mol. The Balaban J connectivity index is 2.22. The van der Waals surface area contributed by atoms with Gasteiger partial charge in [0.15, 0.2) is 0 Å². The van der Waals surface area contributed by atoms with Crippen LogP contribution in [0.1, 0.15) is 26.3 Å². The molecule has 16 heavy (non-hydrogen) atoms. The SMILES string of the molecule is CC(C)Nc1ccc2c(n1)O[C@@H](C)CNC2. The van der Waals surface area contributed by atoms with E-state index in [4.69, 9.17) is 4.74 Å². The van der Waals surface area contributed by atoms with E-state index in [1.165, 1.54) is 0 Å². The fourth-order valence-electron chi connectivity index (χ4n) is 1.72. The van der Waals surface area contributed by atoms with Crippen LogP contribution in [0, 0.1) is 0 Å². The number of aromatic nitrogens is 1. The number of rotatable bonds is 2. The van der Waals surface area contributed by atoms with E-state index < -0.39 is 0 Å². The van der Waals surface area contributed by atoms with Crippen molar-refractivity contribution in [3.05, 3.63) is 17.7 Å². The van der Waals surface area contributed by atoms with E-state index in [-0.39, 0.29) is 6.10 Å². The maximum Gasteiger partial charge on any atom is 0.220 e. The van der Waals surface area contributed by atoms with Crippen LogP contribution in [0.25, 0.3) is 0 Å². The molecular weight excluding hydrogens is 202 g/mol. The van der Waals surface area contributed by atoms with E-state index in [0.717, 1.165) is 30.4 Å². The highest BCUT2D eigenvalue weighted by molar-refractivity contribution is 5.42. The summed E-state index contributed by atoms with van der Waals surface area (Å²) in [5, 5.41) is 6.61. The van der Waals surface area contributed by atoms with Crippen LogP contribution in [0.5, 0.6) is 5.88 Å². The van der Waals surface area contributed by atoms with Crippen molar-refractivity contribution in [3.8, 4) is 5.88 Å². The summed E-state index contributed by atoms with van der Waals surface area (Å²) < 4.78 is 5.77. The number of anilines is 1. The lowest BCUT2D eigenvalue weighted by atomic mass is 10.2. The van der Waals surface area contributed by atoms with Gasteiger partial charge in [-0.15, -0.1) is 0 Å². The van der Waals surface area contributed by atoms with Crippen LogP contribution in [0.3, 0.4) is 0 Å². The molecule has 2 rings (SSSR count). The van der Waals surface area contributed by atoms with Gasteiger partial charge in [0.2, 0.25) is 5.88 Å². The molecule has 2 heterocycles. The van der Waals surface area contributed by atoms with Gasteiger partial charge in [-0.1, -0.05) is 0 Å². The molecule has 2 N–H and O–H groups in total. The molecule has 0 saturated carbocycles. The molecule has 0 aromatic carbocycles. The molecule has 4 nitrogen and oxygen atoms in total. The molecule has 1 atom stereocenters. The summed E-state index contributed by atoms with van der Waals surface area (Å²) in [4.78, 5) is 4.49. The molecule has 0 bridgehead atoms. The Morgan fingerprint density at radius 2 is 2.31 bits per heavy atom. The summed E-state index contributed by atoms with van der Waals surface area (Å²) in [6.45, 7) is 7.93. The molecule has 0 amide bonds. The number of nitrogens with zero attached hydrogens (tertiary/aromatic N) is 1. The van der Waals surface area contributed by atoms with Crippen LogP contribution in [-0.4, -0.2) is 23.7 Å². The quantitative estimate of drug-likeness (QED) is 0.799. The van der Waals surface area contributed by atoms with Crippen molar-refractivity contribution in [1.29, 1.82) is 0 Å². The van der Waals surface area contributed by atoms with Crippen molar-refractivity contribution in [2.45, 2.75) is 39.5 Å². The van der Waals surface area contributed by atoms with E-state index in [2.05, 4.69) is 35.5 Å². The number of fused-ring (bicyclic) bond motifs is 1. The molecule has 1 aliphatic heterocycles. The fraction of sp³-hybridized carbons (Fsp3) is 0.583. The molecule has 0 saturated heterocycles. The average Bonchev–Trinajstić information content (AvgIpc) is 2.37. The van der Waals surface area contributed by atoms with Crippen LogP contribution in [0.2, 0.25) is 0 Å². The standard InChI is InChI=1S/C12H19N3O/c1-8(2)14-11-5-4-10-7-13-6-9(3)16-12(10)15-11/h4-5,8-9,13H,6-7H2,1-3H3,(H,14,15)/t9-/m0/s1. The molecule has 88 valence electrons. The largest absolute Gasteiger partial charge is 0.473 e. The summed E-state index contributed by atoms with van der Waals surface area (Å²) in [5.74, 6) is 1.63. The Morgan fingerprint density at radius 1 is 1.50 bits per heavy atom. The monoisotopic (exact) mass is 221 g/mol. The second-order valence-electron chi connectivity index (χ2n) is 4.52. The fourth-order valence-corrected chi connectivity index (χ4v) is 1.72. The summed E-state index contributed by atoms with van der Waals surface area (Å²) in [6, 6.07) is 4.45. The Morgan fingerprint density at radius 3 is 3.06 bits per heavy atom. The Kier molecular flexibility index (Phi) is 3.29. The number of hydrogen-bond donors (Lipinski definition) is 2. The molecule has 4 heteroatoms. The van der Waals surface area contributed by atoms with E-state index in [9.17, 15) is 0 Å². The second-order valence-corrected chi connectivity index (χ2v) is 4.52. The van der Waals surface area contributed by atoms with Gasteiger partial charge in [0.25, 0.3) is 0 Å². The molecule has 0 fully saturated rings. The molecule has 0 aliphatic carbocycles. The van der Waals surface area contributed by atoms with Crippen molar-refractivity contribution < 1.29 is 4.74 Å². The normalized spacial score (nSPS) is 19.9. The minimum absolute atomic E-state index is 0.169. The molecule has 0 unspecified atom stereocenters. The number of pyridine rings is 1. The van der Waals surface area contributed by atoms with E-state index in [1.807, 2.05) is 13.0 Å². The molecule has 0 radical (unpaired) electrons. The lowest BCUT2D eigenvalue weighted by molar-refractivity contribution is 0.218. The zero-order valence-electron chi connectivity index (χ0n) is 10.1. The van der Waals surface area contributed by atoms with Gasteiger partial charge in [0.1, 0.15) is 11.9 Å². The smallest absolute Gasteiger partial charge is 0.220 e. The van der Waals surface area contributed by atoms with Crippen LogP contribution in [0.4, 0.5) is 5.82 Å². The first kappa shape index (κ1) is 11.2. The van der Waals surface area contributed by atoms with Gasteiger partial charge in [-0.2, -0.15) is 4.98 Å². The first-order chi connectivity index (χ1) is 7.65. The summed E-state index contributed by atoms with van der Waals surface area (Å²) >= 11 is 0. The number of hydrogen-bond acceptors (Lipinski definition) is 4. The van der Waals surface area contributed by atoms with Gasteiger partial charge in [-0.25, -0.2) is 0 Å². The van der Waals surface area contributed by atoms with Crippen LogP contribution < -0.4 is 15.4 Å². The minimum atomic E-state index is 0.169. The zero-order chi connectivity index (χ0) is 11.5. The van der Waals surface area contributed by atoms with E-state index in [1.54, 1.807) is 0 Å². The van der Waals surface area contributed by atoms with Crippen molar-refractivity contribution in [1.82, 2.24) is 10.3 Å². The first-order valence-corrected chi connectivity index (χ1v) is 5.79. The van der Waals surface area contributed by atoms with Crippen molar-refractivity contribution in [2.75, 3.05) is 11.9 Å². The van der Waals surface area contributed by atoms with Gasteiger partial charge >= 0.3 is 0 Å². The highest BCUT2D eigenvalue weighted by Gasteiger charge is 2.15. The molecule has 0 spiro atoms. The first-order valence-electron chi connectivity index (χ1n) is 5.79. The highest BCUT2D eigenvalue weighted by atomic mass is 16.5. The summed E-state index contributed by atoms with van der Waals surface area (Å²) in [7, 11) is 0. The lowest BCUT2D eigenvalue weighted by Crippen LogP contribution is -2.25. The van der Waals surface area contributed by atoms with Crippen molar-refractivity contribution >= 4 is 5.82 Å². The third-order valence-electron chi connectivity index (χ3n) is 2.44. The van der Waals surface area contributed by atoms with Crippen LogP contribution >= 0.6 is 0 Å². The molecule has 1 aromatic heterocycles. The molecular formula is C12H19N3O. The number of nitrogens with one attached hydrogen (secondary N) is 2. The Bertz CT molecular complexity index is 365. The molecule has 1 aliphatic rings. The van der Waals surface area contributed by atoms with Gasteiger partial charge in [-0.05, 0) is 32.9 Å². The van der Waals surface area contributed by atoms with Gasteiger partial charge in [0.05, 0.1) is 0 Å². The second kappa shape index (κ2) is 4.70. The Labute approximate surface area is 96.4 Å². The summed E-state index contributed by atoms with van der Waals surface area (Å²) in [6.07, 6.45) is 0.169. The molecule has 1 aromatic rings. The van der Waals surface area contributed by atoms with Crippen LogP contribution in [-0.2, 0) is 6.54 Å².